The third kappa shape index (κ3) is 5.69. The van der Waals surface area contributed by atoms with Gasteiger partial charge in [-0.1, -0.05) is 48.5 Å². The second-order valence-corrected chi connectivity index (χ2v) is 9.58. The van der Waals surface area contributed by atoms with Gasteiger partial charge in [-0.15, -0.1) is 11.3 Å². The van der Waals surface area contributed by atoms with E-state index in [1.165, 1.54) is 12.1 Å². The van der Waals surface area contributed by atoms with Gasteiger partial charge in [-0.2, -0.15) is 0 Å². The SMILES string of the molecule is CC(C)N(CC(=O)N(Cc1ccc(F)cc1)Cc1cccs1)C(=O)c1ccc2ccccc2c1. The van der Waals surface area contributed by atoms with E-state index in [0.717, 1.165) is 21.2 Å². The van der Waals surface area contributed by atoms with E-state index in [-0.39, 0.29) is 30.2 Å². The Kier molecular flexibility index (Phi) is 7.38. The number of amides is 2. The normalized spacial score (nSPS) is 11.1. The molecule has 0 aliphatic carbocycles. The van der Waals surface area contributed by atoms with Crippen LogP contribution < -0.4 is 0 Å². The van der Waals surface area contributed by atoms with Crippen molar-refractivity contribution in [3.8, 4) is 0 Å². The van der Waals surface area contributed by atoms with E-state index < -0.39 is 0 Å². The molecule has 0 aliphatic rings. The minimum atomic E-state index is -0.313. The number of hydrogen-bond acceptors (Lipinski definition) is 3. The lowest BCUT2D eigenvalue weighted by molar-refractivity contribution is -0.133. The molecule has 0 bridgehead atoms. The van der Waals surface area contributed by atoms with Crippen molar-refractivity contribution in [2.24, 2.45) is 0 Å². The summed E-state index contributed by atoms with van der Waals surface area (Å²) in [5.41, 5.74) is 1.40. The molecule has 0 saturated carbocycles. The second kappa shape index (κ2) is 10.6. The van der Waals surface area contributed by atoms with E-state index in [1.807, 2.05) is 73.8 Å². The molecule has 0 fully saturated rings. The molecule has 0 aliphatic heterocycles. The number of thiophene rings is 1. The molecule has 1 heterocycles. The van der Waals surface area contributed by atoms with Gasteiger partial charge in [-0.3, -0.25) is 9.59 Å². The standard InChI is InChI=1S/C28H27FN2O2S/c1-20(2)31(28(33)24-12-11-22-6-3-4-7-23(22)16-24)19-27(32)30(18-26-8-5-15-34-26)17-21-9-13-25(29)14-10-21/h3-16,20H,17-19H2,1-2H3. The summed E-state index contributed by atoms with van der Waals surface area (Å²) in [5.74, 6) is -0.639. The zero-order chi connectivity index (χ0) is 24.1. The largest absolute Gasteiger partial charge is 0.332 e. The molecule has 174 valence electrons. The summed E-state index contributed by atoms with van der Waals surface area (Å²) in [6.07, 6.45) is 0. The van der Waals surface area contributed by atoms with E-state index in [2.05, 4.69) is 0 Å². The first-order chi connectivity index (χ1) is 16.4. The number of benzene rings is 3. The van der Waals surface area contributed by atoms with Crippen LogP contribution in [0.5, 0.6) is 0 Å². The van der Waals surface area contributed by atoms with Crippen LogP contribution in [-0.4, -0.2) is 34.2 Å². The Morgan fingerprint density at radius 2 is 1.62 bits per heavy atom. The molecule has 0 spiro atoms. The highest BCUT2D eigenvalue weighted by atomic mass is 32.1. The van der Waals surface area contributed by atoms with Crippen molar-refractivity contribution in [3.05, 3.63) is 106 Å². The number of rotatable bonds is 8. The molecule has 4 rings (SSSR count). The quantitative estimate of drug-likeness (QED) is 0.309. The molecule has 4 nitrogen and oxygen atoms in total. The molecule has 2 amide bonds. The molecule has 34 heavy (non-hydrogen) atoms. The fraction of sp³-hybridized carbons (Fsp3) is 0.214. The average Bonchev–Trinajstić information content (AvgIpc) is 3.35. The van der Waals surface area contributed by atoms with Crippen LogP contribution in [0.3, 0.4) is 0 Å². The van der Waals surface area contributed by atoms with Crippen molar-refractivity contribution < 1.29 is 14.0 Å². The van der Waals surface area contributed by atoms with Gasteiger partial charge in [-0.25, -0.2) is 4.39 Å². The number of carbonyl (C=O) groups is 2. The molecule has 0 unspecified atom stereocenters. The van der Waals surface area contributed by atoms with Crippen LogP contribution in [0.2, 0.25) is 0 Å². The highest BCUT2D eigenvalue weighted by Gasteiger charge is 2.25. The van der Waals surface area contributed by atoms with Crippen molar-refractivity contribution in [1.82, 2.24) is 9.80 Å². The number of fused-ring (bicyclic) bond motifs is 1. The summed E-state index contributed by atoms with van der Waals surface area (Å²) >= 11 is 1.58. The summed E-state index contributed by atoms with van der Waals surface area (Å²) in [4.78, 5) is 31.3. The molecule has 4 aromatic rings. The topological polar surface area (TPSA) is 40.6 Å². The van der Waals surface area contributed by atoms with E-state index in [9.17, 15) is 14.0 Å². The lowest BCUT2D eigenvalue weighted by atomic mass is 10.1. The third-order valence-corrected chi connectivity index (χ3v) is 6.61. The van der Waals surface area contributed by atoms with Gasteiger partial charge in [-0.05, 0) is 65.9 Å². The number of carbonyl (C=O) groups excluding carboxylic acids is 2. The minimum Gasteiger partial charge on any atom is -0.332 e. The molecular weight excluding hydrogens is 447 g/mol. The number of halogens is 1. The summed E-state index contributed by atoms with van der Waals surface area (Å²) < 4.78 is 13.4. The van der Waals surface area contributed by atoms with Crippen LogP contribution in [0.1, 0.15) is 34.6 Å². The minimum absolute atomic E-state index is 0.0318. The summed E-state index contributed by atoms with van der Waals surface area (Å²) in [7, 11) is 0. The van der Waals surface area contributed by atoms with E-state index >= 15 is 0 Å². The highest BCUT2D eigenvalue weighted by Crippen LogP contribution is 2.19. The Morgan fingerprint density at radius 1 is 0.882 bits per heavy atom. The molecule has 1 aromatic heterocycles. The third-order valence-electron chi connectivity index (χ3n) is 5.75. The van der Waals surface area contributed by atoms with Gasteiger partial charge in [0, 0.05) is 23.0 Å². The molecule has 6 heteroatoms. The molecule has 0 saturated heterocycles. The van der Waals surface area contributed by atoms with Crippen molar-refractivity contribution >= 4 is 33.9 Å². The maximum Gasteiger partial charge on any atom is 0.254 e. The van der Waals surface area contributed by atoms with Crippen LogP contribution in [0.4, 0.5) is 4.39 Å². The Bertz CT molecular complexity index is 1270. The second-order valence-electron chi connectivity index (χ2n) is 8.54. The van der Waals surface area contributed by atoms with Crippen LogP contribution >= 0.6 is 11.3 Å². The van der Waals surface area contributed by atoms with Crippen molar-refractivity contribution in [2.75, 3.05) is 6.54 Å². The van der Waals surface area contributed by atoms with Gasteiger partial charge in [0.15, 0.2) is 0 Å². The van der Waals surface area contributed by atoms with Crippen LogP contribution in [0, 0.1) is 5.82 Å². The molecular formula is C28H27FN2O2S. The predicted molar refractivity (Wildman–Crippen MR) is 135 cm³/mol. The maximum absolute atomic E-state index is 13.5. The Balaban J connectivity index is 1.55. The Morgan fingerprint density at radius 3 is 2.29 bits per heavy atom. The molecule has 0 N–H and O–H groups in total. The number of nitrogens with zero attached hydrogens (tertiary/aromatic N) is 2. The first-order valence-corrected chi connectivity index (χ1v) is 12.1. The van der Waals surface area contributed by atoms with Crippen molar-refractivity contribution in [3.63, 3.8) is 0 Å². The Labute approximate surface area is 203 Å². The smallest absolute Gasteiger partial charge is 0.254 e. The molecule has 0 radical (unpaired) electrons. The van der Waals surface area contributed by atoms with Crippen LogP contribution in [-0.2, 0) is 17.9 Å². The van der Waals surface area contributed by atoms with Gasteiger partial charge in [0.25, 0.3) is 5.91 Å². The lowest BCUT2D eigenvalue weighted by Gasteiger charge is -2.30. The van der Waals surface area contributed by atoms with Gasteiger partial charge in [0.2, 0.25) is 5.91 Å². The van der Waals surface area contributed by atoms with Gasteiger partial charge in [0.1, 0.15) is 12.4 Å². The van der Waals surface area contributed by atoms with E-state index in [0.29, 0.717) is 18.7 Å². The first-order valence-electron chi connectivity index (χ1n) is 11.2. The summed E-state index contributed by atoms with van der Waals surface area (Å²) in [6, 6.07) is 23.4. The average molecular weight is 475 g/mol. The van der Waals surface area contributed by atoms with Crippen LogP contribution in [0.15, 0.2) is 84.2 Å². The highest BCUT2D eigenvalue weighted by molar-refractivity contribution is 7.09. The van der Waals surface area contributed by atoms with E-state index in [4.69, 9.17) is 0 Å². The maximum atomic E-state index is 13.5. The fourth-order valence-corrected chi connectivity index (χ4v) is 4.58. The lowest BCUT2D eigenvalue weighted by Crippen LogP contribution is -2.45. The number of hydrogen-bond donors (Lipinski definition) is 0. The monoisotopic (exact) mass is 474 g/mol. The summed E-state index contributed by atoms with van der Waals surface area (Å²) in [6.45, 7) is 4.57. The Hall–Kier alpha value is -3.51. The van der Waals surface area contributed by atoms with Gasteiger partial charge < -0.3 is 9.80 Å². The fourth-order valence-electron chi connectivity index (χ4n) is 3.86. The molecule has 0 atom stereocenters. The van der Waals surface area contributed by atoms with Crippen molar-refractivity contribution in [2.45, 2.75) is 33.0 Å². The van der Waals surface area contributed by atoms with Crippen LogP contribution in [0.25, 0.3) is 10.8 Å². The zero-order valence-electron chi connectivity index (χ0n) is 19.3. The molecule has 3 aromatic carbocycles. The summed E-state index contributed by atoms with van der Waals surface area (Å²) in [5, 5.41) is 4.02. The van der Waals surface area contributed by atoms with E-state index in [1.54, 1.807) is 33.3 Å². The van der Waals surface area contributed by atoms with Gasteiger partial charge in [0.05, 0.1) is 6.54 Å². The van der Waals surface area contributed by atoms with Crippen molar-refractivity contribution in [1.29, 1.82) is 0 Å². The first kappa shape index (κ1) is 23.6. The zero-order valence-corrected chi connectivity index (χ0v) is 20.1. The van der Waals surface area contributed by atoms with Gasteiger partial charge >= 0.3 is 0 Å². The predicted octanol–water partition coefficient (Wildman–Crippen LogP) is 6.12.